The van der Waals surface area contributed by atoms with Crippen LogP contribution in [0.3, 0.4) is 0 Å². The van der Waals surface area contributed by atoms with Gasteiger partial charge in [-0.15, -0.1) is 0 Å². The van der Waals surface area contributed by atoms with Gasteiger partial charge in [0.2, 0.25) is 0 Å². The number of aliphatic hydroxyl groups is 1. The summed E-state index contributed by atoms with van der Waals surface area (Å²) < 4.78 is 71.9. The van der Waals surface area contributed by atoms with Crippen molar-refractivity contribution in [3.8, 4) is 0 Å². The number of hydrogen-bond acceptors (Lipinski definition) is 8. The third-order valence-electron chi connectivity index (χ3n) is 6.71. The molecule has 2 rings (SSSR count). The molecule has 14 heteroatoms. The van der Waals surface area contributed by atoms with Crippen molar-refractivity contribution in [2.45, 2.75) is 76.4 Å². The quantitative estimate of drug-likeness (QED) is 0.216. The van der Waals surface area contributed by atoms with Crippen LogP contribution in [0.5, 0.6) is 0 Å². The van der Waals surface area contributed by atoms with E-state index < -0.39 is 51.5 Å². The third kappa shape index (κ3) is 11.5. The highest BCUT2D eigenvalue weighted by molar-refractivity contribution is 7.89. The smallest absolute Gasteiger partial charge is 0.416 e. The number of nitrogens with zero attached hydrogens (tertiary/aromatic N) is 2. The highest BCUT2D eigenvalue weighted by atomic mass is 32.2. The topological polar surface area (TPSA) is 147 Å². The van der Waals surface area contributed by atoms with Crippen molar-refractivity contribution in [3.05, 3.63) is 78.8 Å². The Hall–Kier alpha value is -3.62. The zero-order chi connectivity index (χ0) is 33.1. The molecule has 0 bridgehead atoms. The maximum absolute atomic E-state index is 13.1. The first-order valence-electron chi connectivity index (χ1n) is 14.1. The van der Waals surface area contributed by atoms with E-state index >= 15 is 0 Å². The zero-order valence-corrected chi connectivity index (χ0v) is 26.2. The van der Waals surface area contributed by atoms with E-state index in [-0.39, 0.29) is 23.8 Å². The number of hydrogen-bond donors (Lipinski definition) is 4. The second-order valence-corrected chi connectivity index (χ2v) is 13.0. The first-order chi connectivity index (χ1) is 20.5. The largest absolute Gasteiger partial charge is 0.444 e. The molecule has 0 saturated carbocycles. The Kier molecular flexibility index (Phi) is 13.2. The van der Waals surface area contributed by atoms with E-state index in [4.69, 9.17) is 10.5 Å². The summed E-state index contributed by atoms with van der Waals surface area (Å²) >= 11 is 0. The van der Waals surface area contributed by atoms with Crippen LogP contribution in [0.4, 0.5) is 18.0 Å². The number of benzene rings is 1. The van der Waals surface area contributed by atoms with Crippen LogP contribution < -0.4 is 15.8 Å². The SMILES string of the molecule is C=CN(/C=C(\N)c1ccc(C(F)(F)F)cc1)C[C@@H](OC(=O)N[C@@H](CCCC)[C@@H](O)CNS(=O)(=O)c1ccccn1)C(C)(C)C. The predicted octanol–water partition coefficient (Wildman–Crippen LogP) is 4.84. The number of aromatic nitrogens is 1. The summed E-state index contributed by atoms with van der Waals surface area (Å²) in [5.41, 5.74) is 5.31. The van der Waals surface area contributed by atoms with Gasteiger partial charge in [0.05, 0.1) is 30.0 Å². The van der Waals surface area contributed by atoms with Crippen molar-refractivity contribution in [3.63, 3.8) is 0 Å². The maximum Gasteiger partial charge on any atom is 0.416 e. The van der Waals surface area contributed by atoms with E-state index in [0.29, 0.717) is 18.4 Å². The Labute approximate surface area is 257 Å². The Morgan fingerprint density at radius 3 is 2.36 bits per heavy atom. The van der Waals surface area contributed by atoms with Gasteiger partial charge in [-0.05, 0) is 42.4 Å². The van der Waals surface area contributed by atoms with Crippen LogP contribution in [0.25, 0.3) is 5.70 Å². The number of carbonyl (C=O) groups is 1. The van der Waals surface area contributed by atoms with E-state index in [1.165, 1.54) is 42.9 Å². The van der Waals surface area contributed by atoms with Gasteiger partial charge >= 0.3 is 12.3 Å². The summed E-state index contributed by atoms with van der Waals surface area (Å²) in [5, 5.41) is 13.3. The summed E-state index contributed by atoms with van der Waals surface area (Å²) in [5.74, 6) is 0. The van der Waals surface area contributed by atoms with Gasteiger partial charge in [0, 0.05) is 24.4 Å². The number of alkyl halides is 3. The van der Waals surface area contributed by atoms with E-state index in [2.05, 4.69) is 21.6 Å². The lowest BCUT2D eigenvalue weighted by atomic mass is 9.88. The van der Waals surface area contributed by atoms with Gasteiger partial charge in [-0.2, -0.15) is 13.2 Å². The van der Waals surface area contributed by atoms with Crippen LogP contribution in [0.2, 0.25) is 0 Å². The molecule has 0 aliphatic rings. The van der Waals surface area contributed by atoms with Crippen LogP contribution >= 0.6 is 0 Å². The second-order valence-electron chi connectivity index (χ2n) is 11.3. The number of alkyl carbamates (subject to hydrolysis) is 1. The Morgan fingerprint density at radius 1 is 1.18 bits per heavy atom. The van der Waals surface area contributed by atoms with E-state index in [1.807, 2.05) is 27.7 Å². The molecule has 1 amide bonds. The summed E-state index contributed by atoms with van der Waals surface area (Å²) in [6.45, 7) is 11.0. The molecule has 1 aromatic carbocycles. The fourth-order valence-electron chi connectivity index (χ4n) is 3.98. The number of rotatable bonds is 15. The summed E-state index contributed by atoms with van der Waals surface area (Å²) in [4.78, 5) is 18.4. The number of nitrogens with one attached hydrogen (secondary N) is 2. The molecule has 2 aromatic rings. The van der Waals surface area contributed by atoms with Crippen molar-refractivity contribution in [1.82, 2.24) is 19.9 Å². The van der Waals surface area contributed by atoms with Gasteiger partial charge in [0.15, 0.2) is 5.03 Å². The van der Waals surface area contributed by atoms with Gasteiger partial charge in [0.25, 0.3) is 10.0 Å². The number of ether oxygens (including phenoxy) is 1. The first-order valence-corrected chi connectivity index (χ1v) is 15.6. The summed E-state index contributed by atoms with van der Waals surface area (Å²) in [6, 6.07) is 8.01. The number of pyridine rings is 1. The molecule has 0 spiro atoms. The highest BCUT2D eigenvalue weighted by Gasteiger charge is 2.32. The van der Waals surface area contributed by atoms with Crippen LogP contribution in [-0.2, 0) is 20.9 Å². The normalized spacial score (nSPS) is 14.8. The van der Waals surface area contributed by atoms with Crippen molar-refractivity contribution < 1.29 is 36.2 Å². The average molecular weight is 642 g/mol. The number of amides is 1. The molecule has 0 saturated heterocycles. The summed E-state index contributed by atoms with van der Waals surface area (Å²) in [7, 11) is -3.98. The number of carbonyl (C=O) groups excluding carboxylic acids is 1. The molecular weight excluding hydrogens is 599 g/mol. The number of nitrogens with two attached hydrogens (primary N) is 1. The molecule has 44 heavy (non-hydrogen) atoms. The van der Waals surface area contributed by atoms with Crippen LogP contribution in [-0.4, -0.2) is 60.8 Å². The maximum atomic E-state index is 13.1. The van der Waals surface area contributed by atoms with Crippen LogP contribution in [0, 0.1) is 5.41 Å². The second kappa shape index (κ2) is 15.9. The van der Waals surface area contributed by atoms with Crippen LogP contribution in [0.15, 0.2) is 72.7 Å². The molecule has 5 N–H and O–H groups in total. The van der Waals surface area contributed by atoms with Gasteiger partial charge in [0.1, 0.15) is 6.10 Å². The third-order valence-corrected chi connectivity index (χ3v) is 8.05. The molecule has 0 aliphatic heterocycles. The number of sulfonamides is 1. The molecule has 1 aromatic heterocycles. The van der Waals surface area contributed by atoms with Gasteiger partial charge in [-0.3, -0.25) is 0 Å². The molecule has 0 unspecified atom stereocenters. The molecule has 1 heterocycles. The van der Waals surface area contributed by atoms with Crippen molar-refractivity contribution in [2.24, 2.45) is 11.1 Å². The summed E-state index contributed by atoms with van der Waals surface area (Å²) in [6.07, 6.45) is -1.24. The van der Waals surface area contributed by atoms with Crippen molar-refractivity contribution >= 4 is 21.8 Å². The number of halogens is 3. The fourth-order valence-corrected chi connectivity index (χ4v) is 4.98. The lowest BCUT2D eigenvalue weighted by molar-refractivity contribution is -0.137. The van der Waals surface area contributed by atoms with Crippen LogP contribution in [0.1, 0.15) is 58.1 Å². The van der Waals surface area contributed by atoms with Gasteiger partial charge < -0.3 is 25.8 Å². The Balaban J connectivity index is 2.12. The minimum Gasteiger partial charge on any atom is -0.444 e. The van der Waals surface area contributed by atoms with Crippen molar-refractivity contribution in [1.29, 1.82) is 0 Å². The van der Waals surface area contributed by atoms with E-state index in [0.717, 1.165) is 18.6 Å². The Bertz CT molecular complexity index is 1350. The molecule has 244 valence electrons. The molecule has 0 aliphatic carbocycles. The monoisotopic (exact) mass is 641 g/mol. The standard InChI is InChI=1S/C30H42F3N5O5S/c1-6-8-11-24(25(39)18-36-44(41,42)27-12-9-10-17-35-27)37-28(40)43-26(29(3,4)5)20-38(7-2)19-23(34)21-13-15-22(16-14-21)30(31,32)33/h7,9-10,12-17,19,24-26,36,39H,2,6,8,11,18,20,34H2,1,3-5H3,(H,37,40)/b23-19-/t24-,25-,26+/m0/s1. The fraction of sp³-hybridized carbons (Fsp3) is 0.467. The molecule has 0 fully saturated rings. The van der Waals surface area contributed by atoms with Crippen molar-refractivity contribution in [2.75, 3.05) is 13.1 Å². The Morgan fingerprint density at radius 2 is 1.84 bits per heavy atom. The van der Waals surface area contributed by atoms with Gasteiger partial charge in [-0.1, -0.05) is 65.3 Å². The molecule has 3 atom stereocenters. The molecule has 10 nitrogen and oxygen atoms in total. The molecular formula is C30H42F3N5O5S. The number of aliphatic hydroxyl groups excluding tert-OH is 1. The zero-order valence-electron chi connectivity index (χ0n) is 25.3. The minimum atomic E-state index is -4.47. The minimum absolute atomic E-state index is 0.105. The highest BCUT2D eigenvalue weighted by Crippen LogP contribution is 2.30. The number of unbranched alkanes of at least 4 members (excludes halogenated alkanes) is 1. The van der Waals surface area contributed by atoms with E-state index in [1.54, 1.807) is 11.0 Å². The first kappa shape index (κ1) is 36.6. The lowest BCUT2D eigenvalue weighted by Gasteiger charge is -2.34. The average Bonchev–Trinajstić information content (AvgIpc) is 2.96. The lowest BCUT2D eigenvalue weighted by Crippen LogP contribution is -2.50. The predicted molar refractivity (Wildman–Crippen MR) is 162 cm³/mol. The molecule has 0 radical (unpaired) electrons. The van der Waals surface area contributed by atoms with E-state index in [9.17, 15) is 31.5 Å². The van der Waals surface area contributed by atoms with Gasteiger partial charge in [-0.25, -0.2) is 22.9 Å².